The number of hydrogen-bond donors (Lipinski definition) is 5. The summed E-state index contributed by atoms with van der Waals surface area (Å²) in [6.45, 7) is 12.8. The standard InChI is InChI=1S/C30H54O5/c1-23(14-10-16-25(3)18-20-27(32)29(5,6)34)12-8-9-13-24(2)15-11-17-26(4)19-21-28(33)30(7,35)22-31/h12-13,16-17,27-28,31-35H,8-11,14-15,18-22H2,1-7H3/b23-12+,24-13+,25-16+,26-17+/t27-,28-,30-/m1/s1. The summed E-state index contributed by atoms with van der Waals surface area (Å²) >= 11 is 0. The van der Waals surface area contributed by atoms with Crippen molar-refractivity contribution in [3.05, 3.63) is 46.6 Å². The van der Waals surface area contributed by atoms with Crippen molar-refractivity contribution in [2.75, 3.05) is 6.61 Å². The lowest BCUT2D eigenvalue weighted by molar-refractivity contribution is -0.0942. The normalized spacial score (nSPS) is 17.9. The minimum atomic E-state index is -1.44. The number of unbranched alkanes of at least 4 members (excludes halogenated alkanes) is 1. The average molecular weight is 495 g/mol. The first-order valence-electron chi connectivity index (χ1n) is 13.2. The Kier molecular flexibility index (Phi) is 16.6. The molecule has 0 unspecified atom stereocenters. The maximum Gasteiger partial charge on any atom is 0.111 e. The van der Waals surface area contributed by atoms with Crippen molar-refractivity contribution in [3.63, 3.8) is 0 Å². The molecule has 0 aromatic heterocycles. The number of hydrogen-bond acceptors (Lipinski definition) is 5. The molecule has 5 nitrogen and oxygen atoms in total. The van der Waals surface area contributed by atoms with Gasteiger partial charge >= 0.3 is 0 Å². The predicted molar refractivity (Wildman–Crippen MR) is 147 cm³/mol. The van der Waals surface area contributed by atoms with E-state index in [2.05, 4.69) is 45.1 Å². The fourth-order valence-electron chi connectivity index (χ4n) is 3.66. The van der Waals surface area contributed by atoms with E-state index in [-0.39, 0.29) is 0 Å². The van der Waals surface area contributed by atoms with Crippen LogP contribution in [-0.4, -0.2) is 55.5 Å². The third kappa shape index (κ3) is 17.0. The van der Waals surface area contributed by atoms with Gasteiger partial charge in [0, 0.05) is 0 Å². The molecule has 0 aromatic rings. The highest BCUT2D eigenvalue weighted by Gasteiger charge is 2.28. The summed E-state index contributed by atoms with van der Waals surface area (Å²) in [6, 6.07) is 0. The molecule has 0 aliphatic rings. The second-order valence-corrected chi connectivity index (χ2v) is 11.1. The van der Waals surface area contributed by atoms with E-state index in [1.807, 2.05) is 6.92 Å². The van der Waals surface area contributed by atoms with Gasteiger partial charge in [-0.3, -0.25) is 0 Å². The van der Waals surface area contributed by atoms with Gasteiger partial charge in [0.1, 0.15) is 5.60 Å². The quantitative estimate of drug-likeness (QED) is 0.120. The molecule has 0 bridgehead atoms. The van der Waals surface area contributed by atoms with E-state index >= 15 is 0 Å². The van der Waals surface area contributed by atoms with E-state index in [0.717, 1.165) is 44.9 Å². The molecule has 5 N–H and O–H groups in total. The lowest BCUT2D eigenvalue weighted by Gasteiger charge is -2.26. The van der Waals surface area contributed by atoms with Crippen molar-refractivity contribution in [1.82, 2.24) is 0 Å². The Balaban J connectivity index is 4.19. The minimum absolute atomic E-state index is 0.441. The first-order valence-corrected chi connectivity index (χ1v) is 13.2. The molecule has 0 saturated heterocycles. The summed E-state index contributed by atoms with van der Waals surface area (Å²) in [6.07, 6.45) is 16.1. The minimum Gasteiger partial charge on any atom is -0.393 e. The molecular weight excluding hydrogens is 440 g/mol. The number of allylic oxidation sites excluding steroid dienone is 8. The molecule has 3 atom stereocenters. The molecule has 0 heterocycles. The van der Waals surface area contributed by atoms with Crippen molar-refractivity contribution < 1.29 is 25.5 Å². The lowest BCUT2D eigenvalue weighted by atomic mass is 9.94. The molecule has 0 fully saturated rings. The van der Waals surface area contributed by atoms with E-state index < -0.39 is 30.0 Å². The molecular formula is C30H54O5. The van der Waals surface area contributed by atoms with E-state index in [1.165, 1.54) is 29.2 Å². The van der Waals surface area contributed by atoms with Gasteiger partial charge in [0.15, 0.2) is 0 Å². The maximum atomic E-state index is 9.97. The molecule has 0 amide bonds. The zero-order chi connectivity index (χ0) is 27.1. The fraction of sp³-hybridized carbons (Fsp3) is 0.733. The summed E-state index contributed by atoms with van der Waals surface area (Å²) in [4.78, 5) is 0. The summed E-state index contributed by atoms with van der Waals surface area (Å²) in [5, 5.41) is 48.7. The summed E-state index contributed by atoms with van der Waals surface area (Å²) in [7, 11) is 0. The fourth-order valence-corrected chi connectivity index (χ4v) is 3.66. The highest BCUT2D eigenvalue weighted by molar-refractivity contribution is 5.07. The second kappa shape index (κ2) is 17.3. The molecule has 5 heteroatoms. The monoisotopic (exact) mass is 494 g/mol. The van der Waals surface area contributed by atoms with Crippen molar-refractivity contribution in [3.8, 4) is 0 Å². The molecule has 0 aromatic carbocycles. The second-order valence-electron chi connectivity index (χ2n) is 11.1. The Bertz CT molecular complexity index is 707. The van der Waals surface area contributed by atoms with Crippen LogP contribution in [0.1, 0.15) is 113 Å². The van der Waals surface area contributed by atoms with E-state index in [9.17, 15) is 20.4 Å². The van der Waals surface area contributed by atoms with Crippen molar-refractivity contribution in [2.24, 2.45) is 0 Å². The van der Waals surface area contributed by atoms with Crippen LogP contribution in [0.4, 0.5) is 0 Å². The van der Waals surface area contributed by atoms with Gasteiger partial charge in [-0.25, -0.2) is 0 Å². The molecule has 0 spiro atoms. The summed E-state index contributed by atoms with van der Waals surface area (Å²) in [5.74, 6) is 0. The SMILES string of the molecule is C/C(=C\CC/C=C(\C)CC/C=C(\C)CC[C@@H](O)[C@](C)(O)CO)CC/C=C(\C)CC[C@@H](O)C(C)(C)O. The molecule has 0 rings (SSSR count). The van der Waals surface area contributed by atoms with Crippen LogP contribution < -0.4 is 0 Å². The van der Waals surface area contributed by atoms with Gasteiger partial charge in [-0.1, -0.05) is 46.6 Å². The van der Waals surface area contributed by atoms with E-state index in [1.54, 1.807) is 13.8 Å². The third-order valence-electron chi connectivity index (χ3n) is 6.69. The molecule has 0 aliphatic carbocycles. The molecule has 0 saturated carbocycles. The van der Waals surface area contributed by atoms with Crippen molar-refractivity contribution in [2.45, 2.75) is 136 Å². The predicted octanol–water partition coefficient (Wildman–Crippen LogP) is 5.91. The van der Waals surface area contributed by atoms with Gasteiger partial charge in [0.25, 0.3) is 0 Å². The zero-order valence-corrected chi connectivity index (χ0v) is 23.5. The summed E-state index contributed by atoms with van der Waals surface area (Å²) in [5.41, 5.74) is 2.76. The zero-order valence-electron chi connectivity index (χ0n) is 23.5. The van der Waals surface area contributed by atoms with Gasteiger partial charge in [-0.15, -0.1) is 0 Å². The maximum absolute atomic E-state index is 9.97. The van der Waals surface area contributed by atoms with Crippen LogP contribution in [0.3, 0.4) is 0 Å². The number of aliphatic hydroxyl groups excluding tert-OH is 3. The van der Waals surface area contributed by atoms with Gasteiger partial charge < -0.3 is 25.5 Å². The Hall–Kier alpha value is -1.24. The van der Waals surface area contributed by atoms with Crippen molar-refractivity contribution in [1.29, 1.82) is 0 Å². The topological polar surface area (TPSA) is 101 Å². The Labute approximate surface area is 215 Å². The van der Waals surface area contributed by atoms with Crippen LogP contribution in [0.25, 0.3) is 0 Å². The molecule has 0 radical (unpaired) electrons. The highest BCUT2D eigenvalue weighted by Crippen LogP contribution is 2.19. The smallest absolute Gasteiger partial charge is 0.111 e. The highest BCUT2D eigenvalue weighted by atomic mass is 16.4. The van der Waals surface area contributed by atoms with Crippen LogP contribution >= 0.6 is 0 Å². The largest absolute Gasteiger partial charge is 0.393 e. The van der Waals surface area contributed by atoms with Gasteiger partial charge in [-0.2, -0.15) is 0 Å². The van der Waals surface area contributed by atoms with Gasteiger partial charge in [0.05, 0.1) is 24.4 Å². The Morgan fingerprint density at radius 1 is 0.600 bits per heavy atom. The third-order valence-corrected chi connectivity index (χ3v) is 6.69. The van der Waals surface area contributed by atoms with E-state index in [4.69, 9.17) is 5.11 Å². The average Bonchev–Trinajstić information content (AvgIpc) is 2.77. The summed E-state index contributed by atoms with van der Waals surface area (Å²) < 4.78 is 0. The Morgan fingerprint density at radius 2 is 0.943 bits per heavy atom. The Morgan fingerprint density at radius 3 is 1.31 bits per heavy atom. The lowest BCUT2D eigenvalue weighted by Crippen LogP contribution is -2.42. The van der Waals surface area contributed by atoms with Crippen LogP contribution in [0.5, 0.6) is 0 Å². The first kappa shape index (κ1) is 33.8. The molecule has 35 heavy (non-hydrogen) atoms. The van der Waals surface area contributed by atoms with Gasteiger partial charge in [0.2, 0.25) is 0 Å². The number of rotatable bonds is 18. The van der Waals surface area contributed by atoms with Crippen molar-refractivity contribution >= 4 is 0 Å². The van der Waals surface area contributed by atoms with Gasteiger partial charge in [-0.05, 0) is 113 Å². The van der Waals surface area contributed by atoms with Crippen LogP contribution in [0, 0.1) is 0 Å². The molecule has 204 valence electrons. The molecule has 0 aliphatic heterocycles. The van der Waals surface area contributed by atoms with Crippen LogP contribution in [0.15, 0.2) is 46.6 Å². The van der Waals surface area contributed by atoms with Crippen LogP contribution in [-0.2, 0) is 0 Å². The van der Waals surface area contributed by atoms with Crippen LogP contribution in [0.2, 0.25) is 0 Å². The number of aliphatic hydroxyl groups is 5. The van der Waals surface area contributed by atoms with E-state index in [0.29, 0.717) is 19.3 Å². The first-order chi connectivity index (χ1) is 16.2.